The molecule has 0 N–H and O–H groups in total. The van der Waals surface area contributed by atoms with Crippen molar-refractivity contribution >= 4 is 13.6 Å². The highest BCUT2D eigenvalue weighted by atomic mass is 31.1. The highest BCUT2D eigenvalue weighted by Crippen LogP contribution is 2.58. The van der Waals surface area contributed by atoms with E-state index in [4.69, 9.17) is 9.47 Å². The smallest absolute Gasteiger partial charge is 0.187 e. The third kappa shape index (κ3) is 3.35. The minimum atomic E-state index is -1.73. The van der Waals surface area contributed by atoms with E-state index in [0.29, 0.717) is 29.9 Å². The lowest BCUT2D eigenvalue weighted by atomic mass is 9.82. The molecule has 0 spiro atoms. The molecule has 1 radical (unpaired) electrons. The first-order chi connectivity index (χ1) is 11.3. The van der Waals surface area contributed by atoms with Gasteiger partial charge in [0.15, 0.2) is 5.78 Å². The Balaban J connectivity index is 2.60. The molecule has 1 fully saturated rings. The van der Waals surface area contributed by atoms with Crippen LogP contribution < -0.4 is 9.47 Å². The van der Waals surface area contributed by atoms with Crippen LogP contribution in [-0.4, -0.2) is 30.3 Å². The van der Waals surface area contributed by atoms with Crippen LogP contribution in [0.3, 0.4) is 0 Å². The van der Waals surface area contributed by atoms with Gasteiger partial charge in [-0.3, -0.25) is 9.36 Å². The van der Waals surface area contributed by atoms with Crippen molar-refractivity contribution in [2.24, 2.45) is 0 Å². The van der Waals surface area contributed by atoms with Gasteiger partial charge in [0.2, 0.25) is 0 Å². The van der Waals surface area contributed by atoms with Crippen LogP contribution >= 0.6 is 7.80 Å². The fraction of sp³-hybridized carbons (Fsp3) is 0.632. The van der Waals surface area contributed by atoms with Crippen LogP contribution in [0.15, 0.2) is 18.2 Å². The average Bonchev–Trinajstić information content (AvgIpc) is 2.59. The van der Waals surface area contributed by atoms with E-state index >= 15 is 0 Å². The fourth-order valence-corrected chi connectivity index (χ4v) is 5.91. The van der Waals surface area contributed by atoms with Crippen LogP contribution in [0.25, 0.3) is 0 Å². The first-order valence-electron chi connectivity index (χ1n) is 8.51. The van der Waals surface area contributed by atoms with Gasteiger partial charge in [0.25, 0.3) is 0 Å². The van der Waals surface area contributed by atoms with Gasteiger partial charge in [0.05, 0.1) is 22.0 Å². The predicted molar refractivity (Wildman–Crippen MR) is 97.1 cm³/mol. The SMILES string of the molecule is COc1cccc(OC)c1C(=O)C1([P](=O)C(C)(C)C)CCCCC1. The lowest BCUT2D eigenvalue weighted by molar-refractivity contribution is 0.0904. The molecular weight excluding hydrogens is 323 g/mol. The molecule has 133 valence electrons. The van der Waals surface area contributed by atoms with Gasteiger partial charge in [-0.2, -0.15) is 0 Å². The zero-order chi connectivity index (χ0) is 18.0. The quantitative estimate of drug-likeness (QED) is 0.539. The summed E-state index contributed by atoms with van der Waals surface area (Å²) in [6, 6.07) is 5.32. The largest absolute Gasteiger partial charge is 0.496 e. The Labute approximate surface area is 145 Å². The Morgan fingerprint density at radius 1 is 1.04 bits per heavy atom. The number of Topliss-reactive ketones (excluding diaryl/α,β-unsaturated/α-hetero) is 1. The molecule has 0 aliphatic heterocycles. The van der Waals surface area contributed by atoms with Crippen molar-refractivity contribution in [2.45, 2.75) is 63.2 Å². The number of carbonyl (C=O) groups is 1. The number of benzene rings is 1. The molecule has 1 saturated carbocycles. The van der Waals surface area contributed by atoms with Crippen LogP contribution in [0.2, 0.25) is 0 Å². The Kier molecular flexibility index (Phi) is 5.70. The zero-order valence-electron chi connectivity index (χ0n) is 15.3. The zero-order valence-corrected chi connectivity index (χ0v) is 16.2. The van der Waals surface area contributed by atoms with E-state index < -0.39 is 18.1 Å². The molecule has 2 rings (SSSR count). The highest BCUT2D eigenvalue weighted by molar-refractivity contribution is 7.49. The average molecular weight is 351 g/mol. The number of hydrogen-bond acceptors (Lipinski definition) is 4. The Morgan fingerprint density at radius 2 is 1.54 bits per heavy atom. The maximum Gasteiger partial charge on any atom is 0.187 e. The van der Waals surface area contributed by atoms with Crippen molar-refractivity contribution in [3.8, 4) is 11.5 Å². The van der Waals surface area contributed by atoms with E-state index in [0.717, 1.165) is 19.3 Å². The number of carbonyl (C=O) groups excluding carboxylic acids is 1. The second-order valence-corrected chi connectivity index (χ2v) is 10.2. The normalized spacial score (nSPS) is 18.0. The third-order valence-electron chi connectivity index (χ3n) is 4.76. The summed E-state index contributed by atoms with van der Waals surface area (Å²) in [5, 5.41) is -1.24. The van der Waals surface area contributed by atoms with Crippen LogP contribution in [0, 0.1) is 0 Å². The van der Waals surface area contributed by atoms with Crippen molar-refractivity contribution in [1.29, 1.82) is 0 Å². The molecule has 4 nitrogen and oxygen atoms in total. The van der Waals surface area contributed by atoms with E-state index in [-0.39, 0.29) is 5.78 Å². The molecule has 0 aromatic heterocycles. The lowest BCUT2D eigenvalue weighted by Crippen LogP contribution is -2.41. The van der Waals surface area contributed by atoms with E-state index in [1.165, 1.54) is 0 Å². The van der Waals surface area contributed by atoms with Gasteiger partial charge < -0.3 is 9.47 Å². The first-order valence-corrected chi connectivity index (χ1v) is 9.77. The first kappa shape index (κ1) is 18.9. The third-order valence-corrected chi connectivity index (χ3v) is 7.40. The van der Waals surface area contributed by atoms with Crippen molar-refractivity contribution in [1.82, 2.24) is 0 Å². The second-order valence-electron chi connectivity index (χ2n) is 7.42. The predicted octanol–water partition coefficient (Wildman–Crippen LogP) is 5.22. The van der Waals surface area contributed by atoms with E-state index in [1.807, 2.05) is 20.8 Å². The van der Waals surface area contributed by atoms with Gasteiger partial charge in [0.1, 0.15) is 22.2 Å². The molecule has 1 aliphatic carbocycles. The van der Waals surface area contributed by atoms with Crippen molar-refractivity contribution in [3.05, 3.63) is 23.8 Å². The Bertz CT molecular complexity index is 602. The molecule has 24 heavy (non-hydrogen) atoms. The summed E-state index contributed by atoms with van der Waals surface area (Å²) in [5.41, 5.74) is 0.428. The van der Waals surface area contributed by atoms with Crippen LogP contribution in [0.4, 0.5) is 0 Å². The molecule has 1 unspecified atom stereocenters. The van der Waals surface area contributed by atoms with Gasteiger partial charge in [-0.05, 0) is 25.0 Å². The molecule has 0 amide bonds. The second kappa shape index (κ2) is 7.23. The molecule has 0 bridgehead atoms. The van der Waals surface area contributed by atoms with E-state index in [2.05, 4.69) is 0 Å². The number of ketones is 1. The van der Waals surface area contributed by atoms with Crippen LogP contribution in [0.1, 0.15) is 63.2 Å². The molecule has 1 atom stereocenters. The van der Waals surface area contributed by atoms with Crippen LogP contribution in [0.5, 0.6) is 11.5 Å². The molecule has 1 aliphatic rings. The highest BCUT2D eigenvalue weighted by Gasteiger charge is 2.50. The van der Waals surface area contributed by atoms with Gasteiger partial charge in [-0.15, -0.1) is 0 Å². The number of rotatable bonds is 5. The van der Waals surface area contributed by atoms with Gasteiger partial charge in [-0.1, -0.05) is 46.1 Å². The Morgan fingerprint density at radius 3 is 1.96 bits per heavy atom. The summed E-state index contributed by atoms with van der Waals surface area (Å²) < 4.78 is 24.2. The Hall–Kier alpha value is -1.41. The number of methoxy groups -OCH3 is 2. The number of hydrogen-bond donors (Lipinski definition) is 0. The van der Waals surface area contributed by atoms with Crippen LogP contribution in [-0.2, 0) is 4.57 Å². The van der Waals surface area contributed by atoms with Gasteiger partial charge in [0, 0.05) is 5.16 Å². The topological polar surface area (TPSA) is 52.6 Å². The summed E-state index contributed by atoms with van der Waals surface area (Å²) in [7, 11) is 1.36. The maximum absolute atomic E-state index is 13.6. The van der Waals surface area contributed by atoms with Crippen molar-refractivity contribution in [3.63, 3.8) is 0 Å². The number of ether oxygens (including phenoxy) is 2. The summed E-state index contributed by atoms with van der Waals surface area (Å²) >= 11 is 0. The molecular formula is C19H28O4P. The lowest BCUT2D eigenvalue weighted by Gasteiger charge is -2.39. The fourth-order valence-electron chi connectivity index (χ4n) is 3.61. The monoisotopic (exact) mass is 351 g/mol. The molecule has 0 saturated heterocycles. The minimum Gasteiger partial charge on any atom is -0.496 e. The molecule has 1 aromatic rings. The summed E-state index contributed by atoms with van der Waals surface area (Å²) in [6.45, 7) is 5.86. The van der Waals surface area contributed by atoms with Crippen molar-refractivity contribution < 1.29 is 18.8 Å². The summed E-state index contributed by atoms with van der Waals surface area (Å²) in [6.07, 6.45) is 4.28. The summed E-state index contributed by atoms with van der Waals surface area (Å²) in [4.78, 5) is 13.6. The van der Waals surface area contributed by atoms with E-state index in [1.54, 1.807) is 32.4 Å². The van der Waals surface area contributed by atoms with Gasteiger partial charge in [-0.25, -0.2) is 0 Å². The molecule has 1 aromatic carbocycles. The van der Waals surface area contributed by atoms with Crippen molar-refractivity contribution in [2.75, 3.05) is 14.2 Å². The molecule has 5 heteroatoms. The summed E-state index contributed by atoms with van der Waals surface area (Å²) in [5.74, 6) is 0.885. The van der Waals surface area contributed by atoms with Gasteiger partial charge >= 0.3 is 0 Å². The van der Waals surface area contributed by atoms with E-state index in [9.17, 15) is 9.36 Å². The standard InChI is InChI=1S/C19H28O4P/c1-18(2,3)24(21)19(12-7-6-8-13-19)17(20)16-14(22-4)10-9-11-15(16)23-5/h9-11H,6-8,12-13H2,1-5H3. The minimum absolute atomic E-state index is 0.0902. The maximum atomic E-state index is 13.6. The molecule has 0 heterocycles.